The highest BCUT2D eigenvalue weighted by Gasteiger charge is 2.22. The average Bonchev–Trinajstić information content (AvgIpc) is 3.13. The van der Waals surface area contributed by atoms with E-state index in [1.54, 1.807) is 19.5 Å². The number of imidazole rings is 1. The largest absolute Gasteiger partial charge is 0.382 e. The minimum absolute atomic E-state index is 0.348. The van der Waals surface area contributed by atoms with Crippen LogP contribution in [0.15, 0.2) is 42.9 Å². The first-order chi connectivity index (χ1) is 13.3. The van der Waals surface area contributed by atoms with Gasteiger partial charge in [0, 0.05) is 31.1 Å². The van der Waals surface area contributed by atoms with Gasteiger partial charge in [-0.2, -0.15) is 0 Å². The zero-order valence-corrected chi connectivity index (χ0v) is 15.5. The van der Waals surface area contributed by atoms with Gasteiger partial charge in [-0.15, -0.1) is 5.10 Å². The van der Waals surface area contributed by atoms with Crippen molar-refractivity contribution in [2.24, 2.45) is 0 Å². The lowest BCUT2D eigenvalue weighted by Gasteiger charge is -2.29. The van der Waals surface area contributed by atoms with Crippen LogP contribution in [0.4, 0.5) is 5.82 Å². The van der Waals surface area contributed by atoms with Crippen molar-refractivity contribution in [2.75, 3.05) is 25.6 Å². The third-order valence-electron chi connectivity index (χ3n) is 5.01. The van der Waals surface area contributed by atoms with Crippen LogP contribution in [0.3, 0.4) is 0 Å². The Balaban J connectivity index is 1.41. The molecule has 142 valence electrons. The standard InChI is InChI=1S/C20H25N5O2/c1-26-12-13-27-17-4-2-16(3-5-17)23-19-6-7-20-22-14-18(25(20)24-19)15-8-10-21-11-9-15/h6-11,14,16-17H,2-5,12-13H2,1H3,(H,23,24)/t16-,17-. The Morgan fingerprint density at radius 3 is 2.67 bits per heavy atom. The summed E-state index contributed by atoms with van der Waals surface area (Å²) < 4.78 is 12.8. The number of methoxy groups -OCH3 is 1. The van der Waals surface area contributed by atoms with Crippen LogP contribution < -0.4 is 5.32 Å². The highest BCUT2D eigenvalue weighted by molar-refractivity contribution is 5.63. The molecule has 3 heterocycles. The number of rotatable bonds is 7. The van der Waals surface area contributed by atoms with Crippen LogP contribution in [0, 0.1) is 0 Å². The number of anilines is 1. The van der Waals surface area contributed by atoms with Crippen molar-refractivity contribution in [3.8, 4) is 11.3 Å². The molecule has 0 saturated heterocycles. The molecular weight excluding hydrogens is 342 g/mol. The molecule has 1 aliphatic carbocycles. The van der Waals surface area contributed by atoms with Crippen LogP contribution in [0.2, 0.25) is 0 Å². The average molecular weight is 367 g/mol. The Kier molecular flexibility index (Phi) is 5.60. The molecule has 1 saturated carbocycles. The molecule has 1 N–H and O–H groups in total. The molecule has 0 atom stereocenters. The fourth-order valence-electron chi connectivity index (χ4n) is 3.55. The molecule has 1 fully saturated rings. The third-order valence-corrected chi connectivity index (χ3v) is 5.01. The number of ether oxygens (including phenoxy) is 2. The maximum absolute atomic E-state index is 5.85. The van der Waals surface area contributed by atoms with Crippen LogP contribution in [-0.4, -0.2) is 52.1 Å². The number of nitrogens with one attached hydrogen (secondary N) is 1. The molecule has 0 aliphatic heterocycles. The summed E-state index contributed by atoms with van der Waals surface area (Å²) in [6.45, 7) is 1.34. The summed E-state index contributed by atoms with van der Waals surface area (Å²) in [5.74, 6) is 0.875. The van der Waals surface area contributed by atoms with Gasteiger partial charge in [-0.25, -0.2) is 9.50 Å². The summed E-state index contributed by atoms with van der Waals surface area (Å²) in [4.78, 5) is 8.53. The minimum Gasteiger partial charge on any atom is -0.382 e. The highest BCUT2D eigenvalue weighted by Crippen LogP contribution is 2.25. The second-order valence-electron chi connectivity index (χ2n) is 6.85. The van der Waals surface area contributed by atoms with E-state index in [9.17, 15) is 0 Å². The summed E-state index contributed by atoms with van der Waals surface area (Å²) in [6.07, 6.45) is 10.1. The lowest BCUT2D eigenvalue weighted by molar-refractivity contribution is -0.00156. The maximum atomic E-state index is 5.85. The number of hydrogen-bond acceptors (Lipinski definition) is 6. The Hall–Kier alpha value is -2.51. The summed E-state index contributed by atoms with van der Waals surface area (Å²) in [5, 5.41) is 8.34. The Morgan fingerprint density at radius 1 is 1.07 bits per heavy atom. The van der Waals surface area contributed by atoms with E-state index in [0.717, 1.165) is 48.4 Å². The molecule has 0 radical (unpaired) electrons. The molecule has 1 aliphatic rings. The predicted octanol–water partition coefficient (Wildman–Crippen LogP) is 3.18. The van der Waals surface area contributed by atoms with Crippen LogP contribution in [-0.2, 0) is 9.47 Å². The molecular formula is C20H25N5O2. The van der Waals surface area contributed by atoms with E-state index < -0.39 is 0 Å². The monoisotopic (exact) mass is 367 g/mol. The molecule has 0 bridgehead atoms. The van der Waals surface area contributed by atoms with Crippen molar-refractivity contribution >= 4 is 11.5 Å². The van der Waals surface area contributed by atoms with Gasteiger partial charge in [-0.3, -0.25) is 4.98 Å². The molecule has 3 aromatic heterocycles. The van der Waals surface area contributed by atoms with E-state index in [1.165, 1.54) is 0 Å². The van der Waals surface area contributed by atoms with Crippen molar-refractivity contribution in [2.45, 2.75) is 37.8 Å². The molecule has 27 heavy (non-hydrogen) atoms. The number of fused-ring (bicyclic) bond motifs is 1. The fraction of sp³-hybridized carbons (Fsp3) is 0.450. The van der Waals surface area contributed by atoms with Gasteiger partial charge >= 0.3 is 0 Å². The van der Waals surface area contributed by atoms with Gasteiger partial charge in [0.25, 0.3) is 0 Å². The van der Waals surface area contributed by atoms with Gasteiger partial charge < -0.3 is 14.8 Å². The van der Waals surface area contributed by atoms with E-state index in [1.807, 2.05) is 35.0 Å². The number of hydrogen-bond donors (Lipinski definition) is 1. The van der Waals surface area contributed by atoms with Crippen LogP contribution in [0.25, 0.3) is 16.9 Å². The van der Waals surface area contributed by atoms with Gasteiger partial charge in [-0.05, 0) is 49.9 Å². The Bertz CT molecular complexity index is 859. The molecule has 0 amide bonds. The van der Waals surface area contributed by atoms with Gasteiger partial charge in [0.15, 0.2) is 5.65 Å². The fourth-order valence-corrected chi connectivity index (χ4v) is 3.55. The van der Waals surface area contributed by atoms with E-state index in [4.69, 9.17) is 14.6 Å². The predicted molar refractivity (Wildman–Crippen MR) is 104 cm³/mol. The number of pyridine rings is 1. The number of nitrogens with zero attached hydrogens (tertiary/aromatic N) is 4. The van der Waals surface area contributed by atoms with E-state index in [2.05, 4.69) is 15.3 Å². The highest BCUT2D eigenvalue weighted by atomic mass is 16.5. The summed E-state index contributed by atoms with van der Waals surface area (Å²) >= 11 is 0. The van der Waals surface area contributed by atoms with Crippen LogP contribution in [0.1, 0.15) is 25.7 Å². The minimum atomic E-state index is 0.348. The van der Waals surface area contributed by atoms with Gasteiger partial charge in [0.05, 0.1) is 31.2 Å². The van der Waals surface area contributed by atoms with Gasteiger partial charge in [-0.1, -0.05) is 0 Å². The normalized spacial score (nSPS) is 20.0. The quantitative estimate of drug-likeness (QED) is 0.647. The molecule has 7 heteroatoms. The molecule has 0 spiro atoms. The van der Waals surface area contributed by atoms with Gasteiger partial charge in [0.1, 0.15) is 5.82 Å². The van der Waals surface area contributed by atoms with Crippen molar-refractivity contribution in [1.82, 2.24) is 19.6 Å². The number of aromatic nitrogens is 4. The smallest absolute Gasteiger partial charge is 0.154 e. The maximum Gasteiger partial charge on any atom is 0.154 e. The SMILES string of the molecule is COCCO[C@H]1CC[C@H](Nc2ccc3ncc(-c4ccncc4)n3n2)CC1. The van der Waals surface area contributed by atoms with E-state index >= 15 is 0 Å². The summed E-state index contributed by atoms with van der Waals surface area (Å²) in [5.41, 5.74) is 2.85. The Labute approximate surface area is 158 Å². The third kappa shape index (κ3) is 4.26. The lowest BCUT2D eigenvalue weighted by atomic mass is 9.93. The van der Waals surface area contributed by atoms with Gasteiger partial charge in [0.2, 0.25) is 0 Å². The summed E-state index contributed by atoms with van der Waals surface area (Å²) in [6, 6.07) is 8.36. The van der Waals surface area contributed by atoms with Crippen molar-refractivity contribution in [3.05, 3.63) is 42.9 Å². The zero-order chi connectivity index (χ0) is 18.5. The molecule has 0 aromatic carbocycles. The van der Waals surface area contributed by atoms with Crippen LogP contribution >= 0.6 is 0 Å². The van der Waals surface area contributed by atoms with Crippen molar-refractivity contribution in [1.29, 1.82) is 0 Å². The van der Waals surface area contributed by atoms with E-state index in [-0.39, 0.29) is 0 Å². The Morgan fingerprint density at radius 2 is 1.89 bits per heavy atom. The molecule has 7 nitrogen and oxygen atoms in total. The molecule has 0 unspecified atom stereocenters. The van der Waals surface area contributed by atoms with E-state index in [0.29, 0.717) is 25.4 Å². The first-order valence-corrected chi connectivity index (χ1v) is 9.46. The zero-order valence-electron chi connectivity index (χ0n) is 15.5. The van der Waals surface area contributed by atoms with Crippen molar-refractivity contribution < 1.29 is 9.47 Å². The second-order valence-corrected chi connectivity index (χ2v) is 6.85. The topological polar surface area (TPSA) is 73.6 Å². The first-order valence-electron chi connectivity index (χ1n) is 9.46. The van der Waals surface area contributed by atoms with Crippen LogP contribution in [0.5, 0.6) is 0 Å². The second kappa shape index (κ2) is 8.45. The summed E-state index contributed by atoms with van der Waals surface area (Å²) in [7, 11) is 1.70. The molecule has 4 rings (SSSR count). The van der Waals surface area contributed by atoms with Crippen molar-refractivity contribution in [3.63, 3.8) is 0 Å². The first kappa shape index (κ1) is 17.9. The lowest BCUT2D eigenvalue weighted by Crippen LogP contribution is -2.30. The molecule has 3 aromatic rings.